The molecule has 5 heteroatoms. The first-order chi connectivity index (χ1) is 8.62. The second kappa shape index (κ2) is 7.28. The molecule has 1 unspecified atom stereocenters. The van der Waals surface area contributed by atoms with Gasteiger partial charge in [0.05, 0.1) is 0 Å². The van der Waals surface area contributed by atoms with E-state index in [0.29, 0.717) is 6.54 Å². The molecule has 3 nitrogen and oxygen atoms in total. The van der Waals surface area contributed by atoms with Gasteiger partial charge in [0.25, 0.3) is 0 Å². The molecule has 0 bridgehead atoms. The Morgan fingerprint density at radius 3 is 2.11 bits per heavy atom. The molecule has 0 saturated carbocycles. The normalized spacial score (nSPS) is 13.1. The van der Waals surface area contributed by atoms with Crippen molar-refractivity contribution in [2.24, 2.45) is 5.73 Å². The van der Waals surface area contributed by atoms with Crippen LogP contribution in [-0.4, -0.2) is 31.1 Å². The zero-order valence-corrected chi connectivity index (χ0v) is 10.8. The first-order valence-electron chi connectivity index (χ1n) is 6.11. The maximum absolute atomic E-state index is 12.0. The largest absolute Gasteiger partial charge is 0.435 e. The van der Waals surface area contributed by atoms with Crippen LogP contribution in [0.4, 0.5) is 8.78 Å². The SMILES string of the molecule is CCN(CC)C(CN)c1ccc(OC(F)F)cc1. The number of ether oxygens (including phenoxy) is 1. The molecule has 2 N–H and O–H groups in total. The fourth-order valence-electron chi connectivity index (χ4n) is 2.03. The Morgan fingerprint density at radius 2 is 1.72 bits per heavy atom. The first-order valence-corrected chi connectivity index (χ1v) is 6.11. The lowest BCUT2D eigenvalue weighted by Gasteiger charge is -2.29. The van der Waals surface area contributed by atoms with Crippen molar-refractivity contribution in [2.45, 2.75) is 26.5 Å². The van der Waals surface area contributed by atoms with Crippen LogP contribution in [0.2, 0.25) is 0 Å². The number of alkyl halides is 2. The summed E-state index contributed by atoms with van der Waals surface area (Å²) in [5.74, 6) is 0.170. The molecular formula is C13H20F2N2O. The van der Waals surface area contributed by atoms with E-state index in [0.717, 1.165) is 18.7 Å². The van der Waals surface area contributed by atoms with E-state index in [1.54, 1.807) is 24.3 Å². The topological polar surface area (TPSA) is 38.5 Å². The van der Waals surface area contributed by atoms with Crippen LogP contribution in [0.25, 0.3) is 0 Å². The van der Waals surface area contributed by atoms with Crippen LogP contribution in [0.1, 0.15) is 25.5 Å². The zero-order chi connectivity index (χ0) is 13.5. The summed E-state index contributed by atoms with van der Waals surface area (Å²) in [6.07, 6.45) is 0. The lowest BCUT2D eigenvalue weighted by Crippen LogP contribution is -2.33. The van der Waals surface area contributed by atoms with Gasteiger partial charge < -0.3 is 10.5 Å². The quantitative estimate of drug-likeness (QED) is 0.817. The van der Waals surface area contributed by atoms with Crippen molar-refractivity contribution in [3.63, 3.8) is 0 Å². The Morgan fingerprint density at radius 1 is 1.17 bits per heavy atom. The number of nitrogens with zero attached hydrogens (tertiary/aromatic N) is 1. The number of hydrogen-bond donors (Lipinski definition) is 1. The summed E-state index contributed by atoms with van der Waals surface area (Å²) in [4.78, 5) is 2.23. The Kier molecular flexibility index (Phi) is 6.01. The molecule has 0 spiro atoms. The number of hydrogen-bond acceptors (Lipinski definition) is 3. The maximum atomic E-state index is 12.0. The molecule has 0 fully saturated rings. The van der Waals surface area contributed by atoms with E-state index in [4.69, 9.17) is 5.73 Å². The Bertz CT molecular complexity index is 339. The third-order valence-corrected chi connectivity index (χ3v) is 2.97. The molecule has 0 heterocycles. The molecule has 1 aromatic rings. The van der Waals surface area contributed by atoms with Crippen LogP contribution in [0.5, 0.6) is 5.75 Å². The van der Waals surface area contributed by atoms with Crippen LogP contribution in [-0.2, 0) is 0 Å². The van der Waals surface area contributed by atoms with Crippen LogP contribution in [0, 0.1) is 0 Å². The van der Waals surface area contributed by atoms with Crippen LogP contribution in [0.15, 0.2) is 24.3 Å². The third-order valence-electron chi connectivity index (χ3n) is 2.97. The molecular weight excluding hydrogens is 238 g/mol. The van der Waals surface area contributed by atoms with Crippen molar-refractivity contribution in [3.05, 3.63) is 29.8 Å². The minimum absolute atomic E-state index is 0.112. The van der Waals surface area contributed by atoms with E-state index in [2.05, 4.69) is 23.5 Å². The van der Waals surface area contributed by atoms with E-state index in [-0.39, 0.29) is 11.8 Å². The van der Waals surface area contributed by atoms with Crippen LogP contribution >= 0.6 is 0 Å². The minimum Gasteiger partial charge on any atom is -0.435 e. The molecule has 1 atom stereocenters. The van der Waals surface area contributed by atoms with Gasteiger partial charge in [-0.2, -0.15) is 8.78 Å². The summed E-state index contributed by atoms with van der Waals surface area (Å²) in [5, 5.41) is 0. The van der Waals surface area contributed by atoms with Gasteiger partial charge >= 0.3 is 6.61 Å². The Hall–Kier alpha value is -1.20. The summed E-state index contributed by atoms with van der Waals surface area (Å²) in [6, 6.07) is 6.78. The summed E-state index contributed by atoms with van der Waals surface area (Å²) in [6.45, 7) is 3.64. The third kappa shape index (κ3) is 3.92. The molecule has 0 radical (unpaired) electrons. The standard InChI is InChI=1S/C13H20F2N2O/c1-3-17(4-2)12(9-16)10-5-7-11(8-6-10)18-13(14)15/h5-8,12-13H,3-4,9,16H2,1-2H3. The highest BCUT2D eigenvalue weighted by Crippen LogP contribution is 2.22. The summed E-state index contributed by atoms with van der Waals surface area (Å²) in [5.41, 5.74) is 6.80. The average Bonchev–Trinajstić information content (AvgIpc) is 2.36. The van der Waals surface area contributed by atoms with Crippen LogP contribution < -0.4 is 10.5 Å². The molecule has 0 aliphatic heterocycles. The van der Waals surface area contributed by atoms with Gasteiger partial charge in [-0.15, -0.1) is 0 Å². The predicted molar refractivity (Wildman–Crippen MR) is 67.8 cm³/mol. The second-order valence-electron chi connectivity index (χ2n) is 3.92. The predicted octanol–water partition coefficient (Wildman–Crippen LogP) is 2.63. The highest BCUT2D eigenvalue weighted by Gasteiger charge is 2.16. The number of rotatable bonds is 7. The van der Waals surface area contributed by atoms with Gasteiger partial charge in [-0.1, -0.05) is 26.0 Å². The Balaban J connectivity index is 2.81. The molecule has 0 aliphatic rings. The highest BCUT2D eigenvalue weighted by molar-refractivity contribution is 5.29. The van der Waals surface area contributed by atoms with Crippen molar-refractivity contribution in [2.75, 3.05) is 19.6 Å². The lowest BCUT2D eigenvalue weighted by atomic mass is 10.1. The van der Waals surface area contributed by atoms with E-state index in [9.17, 15) is 8.78 Å². The fraction of sp³-hybridized carbons (Fsp3) is 0.538. The average molecular weight is 258 g/mol. The van der Waals surface area contributed by atoms with Crippen LogP contribution in [0.3, 0.4) is 0 Å². The summed E-state index contributed by atoms with van der Waals surface area (Å²) < 4.78 is 28.4. The molecule has 102 valence electrons. The van der Waals surface area contributed by atoms with Gasteiger partial charge in [-0.3, -0.25) is 4.90 Å². The van der Waals surface area contributed by atoms with Gasteiger partial charge in [0.2, 0.25) is 0 Å². The van der Waals surface area contributed by atoms with Gasteiger partial charge in [-0.25, -0.2) is 0 Å². The lowest BCUT2D eigenvalue weighted by molar-refractivity contribution is -0.0498. The van der Waals surface area contributed by atoms with Gasteiger partial charge in [-0.05, 0) is 30.8 Å². The second-order valence-corrected chi connectivity index (χ2v) is 3.92. The van der Waals surface area contributed by atoms with Crippen molar-refractivity contribution in [3.8, 4) is 5.75 Å². The minimum atomic E-state index is -2.79. The van der Waals surface area contributed by atoms with E-state index in [1.807, 2.05) is 0 Å². The van der Waals surface area contributed by atoms with Gasteiger partial charge in [0.1, 0.15) is 5.75 Å². The molecule has 1 rings (SSSR count). The molecule has 1 aromatic carbocycles. The number of nitrogens with two attached hydrogens (primary N) is 1. The number of benzene rings is 1. The maximum Gasteiger partial charge on any atom is 0.387 e. The molecule has 18 heavy (non-hydrogen) atoms. The van der Waals surface area contributed by atoms with Gasteiger partial charge in [0, 0.05) is 12.6 Å². The van der Waals surface area contributed by atoms with Crippen molar-refractivity contribution in [1.29, 1.82) is 0 Å². The summed E-state index contributed by atoms with van der Waals surface area (Å²) in [7, 11) is 0. The molecule has 0 aliphatic carbocycles. The number of likely N-dealkylation sites (N-methyl/N-ethyl adjacent to an activating group) is 1. The van der Waals surface area contributed by atoms with Gasteiger partial charge in [0.15, 0.2) is 0 Å². The first kappa shape index (κ1) is 14.9. The smallest absolute Gasteiger partial charge is 0.387 e. The van der Waals surface area contributed by atoms with E-state index < -0.39 is 6.61 Å². The van der Waals surface area contributed by atoms with Crippen molar-refractivity contribution in [1.82, 2.24) is 4.90 Å². The van der Waals surface area contributed by atoms with Crippen molar-refractivity contribution < 1.29 is 13.5 Å². The molecule has 0 amide bonds. The molecule has 0 saturated heterocycles. The fourth-order valence-corrected chi connectivity index (χ4v) is 2.03. The zero-order valence-electron chi connectivity index (χ0n) is 10.8. The van der Waals surface area contributed by atoms with E-state index >= 15 is 0 Å². The van der Waals surface area contributed by atoms with E-state index in [1.165, 1.54) is 0 Å². The van der Waals surface area contributed by atoms with Crippen molar-refractivity contribution >= 4 is 0 Å². The Labute approximate surface area is 107 Å². The number of halogens is 2. The highest BCUT2D eigenvalue weighted by atomic mass is 19.3. The summed E-state index contributed by atoms with van der Waals surface area (Å²) >= 11 is 0. The molecule has 0 aromatic heterocycles. The monoisotopic (exact) mass is 258 g/mol.